The molecule has 1 N–H and O–H groups in total. The molecule has 0 saturated heterocycles. The molecule has 120 valence electrons. The molecule has 0 fully saturated rings. The van der Waals surface area contributed by atoms with Crippen molar-refractivity contribution < 1.29 is 14.6 Å². The molecule has 0 aromatic heterocycles. The summed E-state index contributed by atoms with van der Waals surface area (Å²) in [5.41, 5.74) is 1.11. The Morgan fingerprint density at radius 3 is 2.43 bits per heavy atom. The molecule has 0 aliphatic rings. The molecule has 0 heterocycles. The van der Waals surface area contributed by atoms with E-state index >= 15 is 0 Å². The molecule has 1 rings (SSSR count). The predicted octanol–water partition coefficient (Wildman–Crippen LogP) is 3.80. The Hall–Kier alpha value is -0.780. The van der Waals surface area contributed by atoms with Crippen LogP contribution < -0.4 is 4.74 Å². The Morgan fingerprint density at radius 2 is 1.90 bits per heavy atom. The Kier molecular flexibility index (Phi) is 8.07. The zero-order valence-electron chi connectivity index (χ0n) is 13.4. The van der Waals surface area contributed by atoms with Gasteiger partial charge in [-0.15, -0.1) is 0 Å². The van der Waals surface area contributed by atoms with Gasteiger partial charge in [-0.05, 0) is 46.5 Å². The maximum Gasteiger partial charge on any atom is 0.172 e. The highest BCUT2D eigenvalue weighted by Crippen LogP contribution is 2.35. The number of phenols is 1. The number of ether oxygens (including phenoxy) is 2. The van der Waals surface area contributed by atoms with Gasteiger partial charge in [-0.2, -0.15) is 0 Å². The van der Waals surface area contributed by atoms with E-state index in [4.69, 9.17) is 9.47 Å². The van der Waals surface area contributed by atoms with Gasteiger partial charge in [0.1, 0.15) is 0 Å². The second-order valence-corrected chi connectivity index (χ2v) is 5.92. The zero-order valence-corrected chi connectivity index (χ0v) is 14.9. The lowest BCUT2D eigenvalue weighted by Crippen LogP contribution is -2.36. The third-order valence-corrected chi connectivity index (χ3v) is 4.34. The average Bonchev–Trinajstić information content (AvgIpc) is 2.49. The van der Waals surface area contributed by atoms with Gasteiger partial charge in [-0.25, -0.2) is 0 Å². The van der Waals surface area contributed by atoms with Crippen molar-refractivity contribution in [2.45, 2.75) is 39.3 Å². The molecule has 0 atom stereocenters. The summed E-state index contributed by atoms with van der Waals surface area (Å²) in [4.78, 5) is 2.42. The van der Waals surface area contributed by atoms with Crippen molar-refractivity contribution in [3.05, 3.63) is 22.2 Å². The van der Waals surface area contributed by atoms with Gasteiger partial charge in [0, 0.05) is 26.2 Å². The largest absolute Gasteiger partial charge is 0.503 e. The Morgan fingerprint density at radius 1 is 1.24 bits per heavy atom. The van der Waals surface area contributed by atoms with Crippen LogP contribution >= 0.6 is 15.9 Å². The highest BCUT2D eigenvalue weighted by molar-refractivity contribution is 9.10. The van der Waals surface area contributed by atoms with Crippen molar-refractivity contribution >= 4 is 15.9 Å². The SMILES string of the molecule is CCC(CC)N(CCOC)Cc1cc(Br)c(O)c(OC)c1. The van der Waals surface area contributed by atoms with Gasteiger partial charge in [-0.1, -0.05) is 13.8 Å². The summed E-state index contributed by atoms with van der Waals surface area (Å²) in [5.74, 6) is 0.642. The van der Waals surface area contributed by atoms with Crippen molar-refractivity contribution in [3.63, 3.8) is 0 Å². The summed E-state index contributed by atoms with van der Waals surface area (Å²) >= 11 is 3.38. The minimum absolute atomic E-state index is 0.146. The molecule has 0 amide bonds. The van der Waals surface area contributed by atoms with Crippen LogP contribution in [0.5, 0.6) is 11.5 Å². The minimum atomic E-state index is 0.146. The number of nitrogens with zero attached hydrogens (tertiary/aromatic N) is 1. The first-order chi connectivity index (χ1) is 10.1. The quantitative estimate of drug-likeness (QED) is 0.727. The van der Waals surface area contributed by atoms with E-state index in [9.17, 15) is 5.11 Å². The molecule has 0 saturated carbocycles. The fourth-order valence-corrected chi connectivity index (χ4v) is 3.00. The molecule has 1 aromatic carbocycles. The van der Waals surface area contributed by atoms with Crippen LogP contribution in [0.2, 0.25) is 0 Å². The van der Waals surface area contributed by atoms with Crippen LogP contribution in [-0.4, -0.2) is 43.4 Å². The molecule has 0 unspecified atom stereocenters. The predicted molar refractivity (Wildman–Crippen MR) is 89.0 cm³/mol. The normalized spacial score (nSPS) is 11.4. The average molecular weight is 360 g/mol. The van der Waals surface area contributed by atoms with E-state index in [1.165, 1.54) is 0 Å². The number of methoxy groups -OCH3 is 2. The lowest BCUT2D eigenvalue weighted by atomic mass is 10.1. The van der Waals surface area contributed by atoms with Crippen LogP contribution in [0.25, 0.3) is 0 Å². The second-order valence-electron chi connectivity index (χ2n) is 5.06. The number of rotatable bonds is 9. The van der Waals surface area contributed by atoms with E-state index < -0.39 is 0 Å². The zero-order chi connectivity index (χ0) is 15.8. The number of halogens is 1. The maximum absolute atomic E-state index is 9.89. The molecule has 0 aliphatic heterocycles. The van der Waals surface area contributed by atoms with Crippen LogP contribution in [-0.2, 0) is 11.3 Å². The van der Waals surface area contributed by atoms with Crippen molar-refractivity contribution in [1.82, 2.24) is 4.90 Å². The third kappa shape index (κ3) is 5.16. The summed E-state index contributed by atoms with van der Waals surface area (Å²) in [6.45, 7) is 6.84. The van der Waals surface area contributed by atoms with Crippen LogP contribution in [0.3, 0.4) is 0 Å². The Labute approximate surface area is 136 Å². The standard InChI is InChI=1S/C16H26BrNO3/c1-5-13(6-2)18(7-8-20-3)11-12-9-14(17)16(19)15(10-12)21-4/h9-10,13,19H,5-8,11H2,1-4H3. The first kappa shape index (κ1) is 18.3. The summed E-state index contributed by atoms with van der Waals surface area (Å²) in [6, 6.07) is 4.36. The molecule has 1 aromatic rings. The number of phenolic OH excluding ortho intramolecular Hbond substituents is 1. The summed E-state index contributed by atoms with van der Waals surface area (Å²) in [6.07, 6.45) is 2.22. The molecule has 0 spiro atoms. The number of aromatic hydroxyl groups is 1. The summed E-state index contributed by atoms with van der Waals surface area (Å²) < 4.78 is 11.1. The summed E-state index contributed by atoms with van der Waals surface area (Å²) in [7, 11) is 3.29. The van der Waals surface area contributed by atoms with Crippen LogP contribution in [0, 0.1) is 0 Å². The van der Waals surface area contributed by atoms with Crippen LogP contribution in [0.4, 0.5) is 0 Å². The molecule has 0 aliphatic carbocycles. The van der Waals surface area contributed by atoms with Crippen LogP contribution in [0.1, 0.15) is 32.3 Å². The van der Waals surface area contributed by atoms with Gasteiger partial charge in [0.2, 0.25) is 0 Å². The van der Waals surface area contributed by atoms with Gasteiger partial charge >= 0.3 is 0 Å². The van der Waals surface area contributed by atoms with E-state index in [0.29, 0.717) is 22.9 Å². The van der Waals surface area contributed by atoms with E-state index in [1.54, 1.807) is 14.2 Å². The first-order valence-electron chi connectivity index (χ1n) is 7.35. The fraction of sp³-hybridized carbons (Fsp3) is 0.625. The van der Waals surface area contributed by atoms with E-state index in [0.717, 1.165) is 31.5 Å². The topological polar surface area (TPSA) is 41.9 Å². The molecule has 0 radical (unpaired) electrons. The lowest BCUT2D eigenvalue weighted by Gasteiger charge is -2.30. The highest BCUT2D eigenvalue weighted by Gasteiger charge is 2.17. The van der Waals surface area contributed by atoms with E-state index in [1.807, 2.05) is 12.1 Å². The van der Waals surface area contributed by atoms with Gasteiger partial charge in [0.25, 0.3) is 0 Å². The molecule has 4 nitrogen and oxygen atoms in total. The fourth-order valence-electron chi connectivity index (χ4n) is 2.51. The van der Waals surface area contributed by atoms with Crippen molar-refractivity contribution in [2.75, 3.05) is 27.4 Å². The third-order valence-electron chi connectivity index (χ3n) is 3.74. The smallest absolute Gasteiger partial charge is 0.172 e. The maximum atomic E-state index is 9.89. The van der Waals surface area contributed by atoms with E-state index in [2.05, 4.69) is 34.7 Å². The highest BCUT2D eigenvalue weighted by atomic mass is 79.9. The van der Waals surface area contributed by atoms with Crippen molar-refractivity contribution in [2.24, 2.45) is 0 Å². The first-order valence-corrected chi connectivity index (χ1v) is 8.14. The monoisotopic (exact) mass is 359 g/mol. The molecule has 21 heavy (non-hydrogen) atoms. The second kappa shape index (κ2) is 9.28. The minimum Gasteiger partial charge on any atom is -0.503 e. The molecule has 0 bridgehead atoms. The molecular weight excluding hydrogens is 334 g/mol. The number of benzene rings is 1. The molecular formula is C16H26BrNO3. The molecule has 5 heteroatoms. The Bertz CT molecular complexity index is 436. The number of hydrogen-bond donors (Lipinski definition) is 1. The number of hydrogen-bond acceptors (Lipinski definition) is 4. The van der Waals surface area contributed by atoms with Crippen LogP contribution in [0.15, 0.2) is 16.6 Å². The van der Waals surface area contributed by atoms with Gasteiger partial charge < -0.3 is 14.6 Å². The van der Waals surface area contributed by atoms with Gasteiger partial charge in [0.15, 0.2) is 11.5 Å². The van der Waals surface area contributed by atoms with Gasteiger partial charge in [-0.3, -0.25) is 4.90 Å². The van der Waals surface area contributed by atoms with Crippen molar-refractivity contribution in [3.8, 4) is 11.5 Å². The Balaban J connectivity index is 2.94. The van der Waals surface area contributed by atoms with E-state index in [-0.39, 0.29) is 5.75 Å². The lowest BCUT2D eigenvalue weighted by molar-refractivity contribution is 0.110. The van der Waals surface area contributed by atoms with Crippen molar-refractivity contribution in [1.29, 1.82) is 0 Å². The summed E-state index contributed by atoms with van der Waals surface area (Å²) in [5, 5.41) is 9.89. The van der Waals surface area contributed by atoms with Gasteiger partial charge in [0.05, 0.1) is 18.2 Å².